The summed E-state index contributed by atoms with van der Waals surface area (Å²) in [6, 6.07) is 9.72. The first-order valence-electron chi connectivity index (χ1n) is 7.30. The van der Waals surface area contributed by atoms with E-state index in [2.05, 4.69) is 5.32 Å². The summed E-state index contributed by atoms with van der Waals surface area (Å²) in [6.07, 6.45) is -0.232. The minimum absolute atomic E-state index is 0.0586. The number of benzene rings is 2. The van der Waals surface area contributed by atoms with Gasteiger partial charge in [-0.15, -0.1) is 0 Å². The smallest absolute Gasteiger partial charge is 0.475 e. The van der Waals surface area contributed by atoms with Gasteiger partial charge >= 0.3 is 13.1 Å². The highest BCUT2D eigenvalue weighted by Gasteiger charge is 2.28. The number of phenolic OH excluding ortho intramolecular Hbond substituents is 1. The summed E-state index contributed by atoms with van der Waals surface area (Å²) in [5.41, 5.74) is -0.275. The molecular formula is C16H16BNO7. The number of para-hydroxylation sites is 2. The Morgan fingerprint density at radius 1 is 1.00 bits per heavy atom. The van der Waals surface area contributed by atoms with Gasteiger partial charge in [0.05, 0.1) is 11.5 Å². The van der Waals surface area contributed by atoms with Crippen molar-refractivity contribution in [2.45, 2.75) is 12.4 Å². The molecule has 25 heavy (non-hydrogen) atoms. The second-order valence-electron chi connectivity index (χ2n) is 5.33. The predicted molar refractivity (Wildman–Crippen MR) is 88.3 cm³/mol. The van der Waals surface area contributed by atoms with Crippen LogP contribution in [0.3, 0.4) is 0 Å². The largest absolute Gasteiger partial charge is 0.507 e. The molecule has 0 spiro atoms. The van der Waals surface area contributed by atoms with Crippen molar-refractivity contribution in [1.82, 2.24) is 5.32 Å². The number of aromatic carboxylic acids is 1. The number of hydrogen-bond acceptors (Lipinski definition) is 6. The minimum Gasteiger partial charge on any atom is -0.507 e. The fraction of sp³-hybridized carbons (Fsp3) is 0.125. The molecule has 0 aromatic heterocycles. The van der Waals surface area contributed by atoms with Gasteiger partial charge in [0.15, 0.2) is 0 Å². The first-order valence-corrected chi connectivity index (χ1v) is 7.30. The van der Waals surface area contributed by atoms with Gasteiger partial charge < -0.3 is 30.7 Å². The Morgan fingerprint density at radius 2 is 1.64 bits per heavy atom. The van der Waals surface area contributed by atoms with Crippen LogP contribution in [0.15, 0.2) is 42.5 Å². The number of carboxylic acids is 1. The zero-order chi connectivity index (χ0) is 18.6. The lowest BCUT2D eigenvalue weighted by molar-refractivity contribution is 0.0693. The first kappa shape index (κ1) is 18.3. The van der Waals surface area contributed by atoms with E-state index in [4.69, 9.17) is 5.11 Å². The van der Waals surface area contributed by atoms with Crippen LogP contribution in [0.5, 0.6) is 11.5 Å². The highest BCUT2D eigenvalue weighted by atomic mass is 16.4. The number of carboxylic acid groups (broad SMARTS) is 1. The Hall–Kier alpha value is -3.04. The number of carbonyl (C=O) groups is 2. The van der Waals surface area contributed by atoms with Gasteiger partial charge in [0.2, 0.25) is 0 Å². The normalized spacial score (nSPS) is 11.6. The number of rotatable bonds is 6. The van der Waals surface area contributed by atoms with Gasteiger partial charge in [-0.05, 0) is 30.2 Å². The standard InChI is InChI=1S/C16H16BNO7/c19-12-7-2-1-5-10(12)15(21)18-13(17(24)25)8-9-4-3-6-11(14(9)20)16(22)23/h1-7,13,19-20,24-25H,8H2,(H,18,21)(H,22,23)/t13-/m0/s1. The van der Waals surface area contributed by atoms with Crippen LogP contribution in [0.25, 0.3) is 0 Å². The lowest BCUT2D eigenvalue weighted by atomic mass is 9.75. The SMILES string of the molecule is O=C(N[C@@H](Cc1cccc(C(=O)O)c1O)B(O)O)c1ccccc1O. The third-order valence-corrected chi connectivity index (χ3v) is 3.61. The van der Waals surface area contributed by atoms with Crippen LogP contribution in [0.4, 0.5) is 0 Å². The second-order valence-corrected chi connectivity index (χ2v) is 5.33. The maximum Gasteiger partial charge on any atom is 0.475 e. The minimum atomic E-state index is -1.97. The van der Waals surface area contributed by atoms with E-state index in [9.17, 15) is 29.9 Å². The molecule has 130 valence electrons. The van der Waals surface area contributed by atoms with Crippen molar-refractivity contribution in [1.29, 1.82) is 0 Å². The zero-order valence-corrected chi connectivity index (χ0v) is 13.0. The van der Waals surface area contributed by atoms with Crippen LogP contribution in [-0.4, -0.2) is 50.3 Å². The Labute approximate surface area is 143 Å². The van der Waals surface area contributed by atoms with E-state index in [0.717, 1.165) is 0 Å². The molecule has 2 aromatic carbocycles. The molecule has 0 heterocycles. The molecule has 2 rings (SSSR count). The summed E-state index contributed by atoms with van der Waals surface area (Å²) in [5.74, 6) is -4.11. The summed E-state index contributed by atoms with van der Waals surface area (Å²) in [7, 11) is -1.97. The molecule has 1 atom stereocenters. The number of carbonyl (C=O) groups excluding carboxylic acids is 1. The average Bonchev–Trinajstić information content (AvgIpc) is 2.55. The summed E-state index contributed by atoms with van der Waals surface area (Å²) in [4.78, 5) is 23.2. The summed E-state index contributed by atoms with van der Waals surface area (Å²) < 4.78 is 0. The number of phenols is 2. The molecule has 0 saturated heterocycles. The number of amides is 1. The highest BCUT2D eigenvalue weighted by Crippen LogP contribution is 2.24. The maximum absolute atomic E-state index is 12.2. The quantitative estimate of drug-likeness (QED) is 0.408. The first-order chi connectivity index (χ1) is 11.8. The molecule has 2 aromatic rings. The van der Waals surface area contributed by atoms with Crippen LogP contribution in [0, 0.1) is 0 Å². The Balaban J connectivity index is 2.23. The third kappa shape index (κ3) is 4.28. The topological polar surface area (TPSA) is 147 Å². The summed E-state index contributed by atoms with van der Waals surface area (Å²) >= 11 is 0. The van der Waals surface area contributed by atoms with Crippen LogP contribution < -0.4 is 5.32 Å². The van der Waals surface area contributed by atoms with Crippen LogP contribution in [0.2, 0.25) is 0 Å². The molecule has 0 bridgehead atoms. The highest BCUT2D eigenvalue weighted by molar-refractivity contribution is 6.43. The average molecular weight is 345 g/mol. The zero-order valence-electron chi connectivity index (χ0n) is 13.0. The lowest BCUT2D eigenvalue weighted by Gasteiger charge is -2.19. The van der Waals surface area contributed by atoms with Crippen molar-refractivity contribution in [2.24, 2.45) is 0 Å². The molecule has 0 saturated carbocycles. The molecule has 0 unspecified atom stereocenters. The molecule has 8 nitrogen and oxygen atoms in total. The Bertz CT molecular complexity index is 794. The van der Waals surface area contributed by atoms with E-state index >= 15 is 0 Å². The number of nitrogens with one attached hydrogen (secondary N) is 1. The van der Waals surface area contributed by atoms with E-state index < -0.39 is 30.7 Å². The van der Waals surface area contributed by atoms with Crippen LogP contribution in [0.1, 0.15) is 26.3 Å². The number of aromatic hydroxyl groups is 2. The second kappa shape index (κ2) is 7.69. The fourth-order valence-corrected chi connectivity index (χ4v) is 2.31. The summed E-state index contributed by atoms with van der Waals surface area (Å²) in [6.45, 7) is 0. The van der Waals surface area contributed by atoms with Gasteiger partial charge in [0.25, 0.3) is 5.91 Å². The molecule has 0 fully saturated rings. The van der Waals surface area contributed by atoms with Gasteiger partial charge in [-0.2, -0.15) is 0 Å². The van der Waals surface area contributed by atoms with Crippen LogP contribution in [-0.2, 0) is 6.42 Å². The van der Waals surface area contributed by atoms with Crippen molar-refractivity contribution in [2.75, 3.05) is 0 Å². The Morgan fingerprint density at radius 3 is 2.24 bits per heavy atom. The predicted octanol–water partition coefficient (Wildman–Crippen LogP) is 0.149. The van der Waals surface area contributed by atoms with Gasteiger partial charge in [0, 0.05) is 0 Å². The summed E-state index contributed by atoms with van der Waals surface area (Å²) in [5, 5.41) is 50.0. The van der Waals surface area contributed by atoms with Gasteiger partial charge in [-0.25, -0.2) is 4.79 Å². The van der Waals surface area contributed by atoms with Crippen LogP contribution >= 0.6 is 0 Å². The molecule has 0 aliphatic carbocycles. The molecule has 0 radical (unpaired) electrons. The van der Waals surface area contributed by atoms with Crippen molar-refractivity contribution >= 4 is 19.0 Å². The van der Waals surface area contributed by atoms with Gasteiger partial charge in [-0.1, -0.05) is 24.3 Å². The van der Waals surface area contributed by atoms with Crippen molar-refractivity contribution < 1.29 is 35.0 Å². The van der Waals surface area contributed by atoms with Crippen molar-refractivity contribution in [3.63, 3.8) is 0 Å². The van der Waals surface area contributed by atoms with E-state index in [1.807, 2.05) is 0 Å². The van der Waals surface area contributed by atoms with Gasteiger partial charge in [0.1, 0.15) is 17.1 Å². The molecule has 9 heteroatoms. The lowest BCUT2D eigenvalue weighted by Crippen LogP contribution is -2.47. The fourth-order valence-electron chi connectivity index (χ4n) is 2.31. The molecule has 1 amide bonds. The molecule has 0 aliphatic heterocycles. The monoisotopic (exact) mass is 345 g/mol. The molecule has 0 aliphatic rings. The number of hydrogen-bond donors (Lipinski definition) is 6. The van der Waals surface area contributed by atoms with E-state index in [0.29, 0.717) is 0 Å². The van der Waals surface area contributed by atoms with Gasteiger partial charge in [-0.3, -0.25) is 4.79 Å². The van der Waals surface area contributed by atoms with E-state index in [1.54, 1.807) is 0 Å². The Kier molecular flexibility index (Phi) is 5.63. The van der Waals surface area contributed by atoms with E-state index in [1.165, 1.54) is 42.5 Å². The molecule has 6 N–H and O–H groups in total. The molecular weight excluding hydrogens is 329 g/mol. The van der Waals surface area contributed by atoms with Crippen molar-refractivity contribution in [3.8, 4) is 11.5 Å². The van der Waals surface area contributed by atoms with Crippen molar-refractivity contribution in [3.05, 3.63) is 59.2 Å². The third-order valence-electron chi connectivity index (χ3n) is 3.61. The van der Waals surface area contributed by atoms with E-state index in [-0.39, 0.29) is 28.9 Å². The maximum atomic E-state index is 12.2.